The zero-order valence-corrected chi connectivity index (χ0v) is 11.4. The van der Waals surface area contributed by atoms with Gasteiger partial charge in [-0.1, -0.05) is 0 Å². The molecule has 0 aliphatic rings. The monoisotopic (exact) mass is 304 g/mol. The lowest BCUT2D eigenvalue weighted by Crippen LogP contribution is -2.29. The zero-order valence-electron chi connectivity index (χ0n) is 9.79. The van der Waals surface area contributed by atoms with Crippen LogP contribution in [0.1, 0.15) is 12.2 Å². The topological polar surface area (TPSA) is 63.5 Å². The Morgan fingerprint density at radius 1 is 1.47 bits per heavy atom. The number of hydrogen-bond acceptors (Lipinski definition) is 4. The molecule has 17 heavy (non-hydrogen) atoms. The number of halogens is 1. The van der Waals surface area contributed by atoms with E-state index in [0.717, 1.165) is 5.76 Å². The average molecular weight is 305 g/mol. The molecular weight excluding hydrogens is 288 g/mol. The molecule has 0 saturated carbocycles. The first-order valence-corrected chi connectivity index (χ1v) is 6.22. The van der Waals surface area contributed by atoms with Crippen molar-refractivity contribution in [2.24, 2.45) is 0 Å². The molecule has 0 saturated heterocycles. The number of carbonyl (C=O) groups is 1. The fourth-order valence-corrected chi connectivity index (χ4v) is 1.58. The second kappa shape index (κ2) is 8.27. The molecule has 1 amide bonds. The molecule has 1 aromatic heterocycles. The van der Waals surface area contributed by atoms with Gasteiger partial charge in [0.05, 0.1) is 13.2 Å². The minimum atomic E-state index is 0.0233. The van der Waals surface area contributed by atoms with E-state index in [4.69, 9.17) is 9.15 Å². The van der Waals surface area contributed by atoms with Gasteiger partial charge in [-0.05, 0) is 28.1 Å². The minimum Gasteiger partial charge on any atom is -0.453 e. The van der Waals surface area contributed by atoms with Crippen molar-refractivity contribution in [3.63, 3.8) is 0 Å². The van der Waals surface area contributed by atoms with E-state index >= 15 is 0 Å². The first-order valence-electron chi connectivity index (χ1n) is 5.43. The Morgan fingerprint density at radius 2 is 2.29 bits per heavy atom. The van der Waals surface area contributed by atoms with E-state index in [1.807, 2.05) is 12.1 Å². The summed E-state index contributed by atoms with van der Waals surface area (Å²) in [6.07, 6.45) is 0.450. The summed E-state index contributed by atoms with van der Waals surface area (Å²) in [5, 5.41) is 5.88. The van der Waals surface area contributed by atoms with Crippen LogP contribution in [0.3, 0.4) is 0 Å². The number of carbonyl (C=O) groups excluding carboxylic acids is 1. The van der Waals surface area contributed by atoms with Crippen LogP contribution in [0.15, 0.2) is 21.2 Å². The smallest absolute Gasteiger partial charge is 0.221 e. The van der Waals surface area contributed by atoms with Crippen LogP contribution in [0.5, 0.6) is 0 Å². The molecular formula is C11H17BrN2O3. The van der Waals surface area contributed by atoms with Gasteiger partial charge in [0.2, 0.25) is 5.91 Å². The summed E-state index contributed by atoms with van der Waals surface area (Å²) >= 11 is 3.23. The van der Waals surface area contributed by atoms with Crippen molar-refractivity contribution in [3.05, 3.63) is 22.6 Å². The van der Waals surface area contributed by atoms with Gasteiger partial charge in [-0.15, -0.1) is 0 Å². The van der Waals surface area contributed by atoms with E-state index < -0.39 is 0 Å². The number of nitrogens with one attached hydrogen (secondary N) is 2. The quantitative estimate of drug-likeness (QED) is 0.710. The molecule has 0 bridgehead atoms. The predicted octanol–water partition coefficient (Wildman–Crippen LogP) is 1.28. The highest BCUT2D eigenvalue weighted by Crippen LogP contribution is 2.13. The van der Waals surface area contributed by atoms with Crippen molar-refractivity contribution >= 4 is 21.8 Å². The van der Waals surface area contributed by atoms with Gasteiger partial charge in [-0.2, -0.15) is 0 Å². The molecule has 1 rings (SSSR count). The number of methoxy groups -OCH3 is 1. The number of furan rings is 1. The summed E-state index contributed by atoms with van der Waals surface area (Å²) in [4.78, 5) is 11.3. The fraction of sp³-hybridized carbons (Fsp3) is 0.545. The number of rotatable bonds is 8. The Kier molecular flexibility index (Phi) is 6.91. The fourth-order valence-electron chi connectivity index (χ4n) is 1.24. The van der Waals surface area contributed by atoms with Crippen LogP contribution in [0.25, 0.3) is 0 Å². The summed E-state index contributed by atoms with van der Waals surface area (Å²) in [7, 11) is 1.61. The molecule has 0 aliphatic carbocycles. The second-order valence-corrected chi connectivity index (χ2v) is 4.26. The second-order valence-electron chi connectivity index (χ2n) is 3.48. The largest absolute Gasteiger partial charge is 0.453 e. The van der Waals surface area contributed by atoms with Crippen LogP contribution in [0.2, 0.25) is 0 Å². The van der Waals surface area contributed by atoms with Crippen molar-refractivity contribution in [1.82, 2.24) is 10.6 Å². The van der Waals surface area contributed by atoms with Gasteiger partial charge >= 0.3 is 0 Å². The maximum Gasteiger partial charge on any atom is 0.221 e. The third-order valence-corrected chi connectivity index (χ3v) is 2.51. The molecule has 0 atom stereocenters. The molecule has 0 fully saturated rings. The highest BCUT2D eigenvalue weighted by molar-refractivity contribution is 9.10. The van der Waals surface area contributed by atoms with Gasteiger partial charge in [0.25, 0.3) is 0 Å². The van der Waals surface area contributed by atoms with Crippen LogP contribution in [0, 0.1) is 0 Å². The van der Waals surface area contributed by atoms with E-state index in [1.165, 1.54) is 0 Å². The lowest BCUT2D eigenvalue weighted by atomic mass is 10.3. The van der Waals surface area contributed by atoms with Gasteiger partial charge in [-0.3, -0.25) is 4.79 Å². The van der Waals surface area contributed by atoms with Crippen molar-refractivity contribution in [3.8, 4) is 0 Å². The SMILES string of the molecule is COCCNC(=O)CCNCc1ccc(Br)o1. The number of amides is 1. The van der Waals surface area contributed by atoms with Crippen molar-refractivity contribution in [1.29, 1.82) is 0 Å². The molecule has 96 valence electrons. The predicted molar refractivity (Wildman–Crippen MR) is 67.6 cm³/mol. The highest BCUT2D eigenvalue weighted by Gasteiger charge is 2.01. The first-order chi connectivity index (χ1) is 8.22. The average Bonchev–Trinajstić information content (AvgIpc) is 2.71. The minimum absolute atomic E-state index is 0.0233. The Labute approximate surface area is 109 Å². The summed E-state index contributed by atoms with van der Waals surface area (Å²) in [6, 6.07) is 3.73. The third kappa shape index (κ3) is 6.45. The van der Waals surface area contributed by atoms with Gasteiger partial charge in [0, 0.05) is 26.6 Å². The molecule has 0 unspecified atom stereocenters. The zero-order chi connectivity index (χ0) is 12.5. The first kappa shape index (κ1) is 14.2. The van der Waals surface area contributed by atoms with Crippen LogP contribution in [0.4, 0.5) is 0 Å². The Balaban J connectivity index is 2.02. The van der Waals surface area contributed by atoms with E-state index in [0.29, 0.717) is 37.3 Å². The van der Waals surface area contributed by atoms with E-state index in [9.17, 15) is 4.79 Å². The van der Waals surface area contributed by atoms with Crippen LogP contribution in [-0.4, -0.2) is 32.7 Å². The molecule has 1 aromatic rings. The molecule has 2 N–H and O–H groups in total. The molecule has 1 heterocycles. The molecule has 0 aromatic carbocycles. The van der Waals surface area contributed by atoms with E-state index in [2.05, 4.69) is 26.6 Å². The van der Waals surface area contributed by atoms with Gasteiger partial charge in [0.1, 0.15) is 5.76 Å². The molecule has 0 aliphatic heterocycles. The van der Waals surface area contributed by atoms with Gasteiger partial charge in [-0.25, -0.2) is 0 Å². The molecule has 0 spiro atoms. The normalized spacial score (nSPS) is 10.5. The molecule has 6 heteroatoms. The van der Waals surface area contributed by atoms with Gasteiger partial charge in [0.15, 0.2) is 4.67 Å². The number of ether oxygens (including phenoxy) is 1. The van der Waals surface area contributed by atoms with E-state index in [-0.39, 0.29) is 5.91 Å². The summed E-state index contributed by atoms with van der Waals surface area (Å²) in [5.41, 5.74) is 0. The maximum atomic E-state index is 11.3. The number of hydrogen-bond donors (Lipinski definition) is 2. The van der Waals surface area contributed by atoms with Crippen molar-refractivity contribution in [2.75, 3.05) is 26.8 Å². The summed E-state index contributed by atoms with van der Waals surface area (Å²) in [6.45, 7) is 2.34. The van der Waals surface area contributed by atoms with Crippen LogP contribution in [-0.2, 0) is 16.1 Å². The van der Waals surface area contributed by atoms with Gasteiger partial charge < -0.3 is 19.8 Å². The Hall–Kier alpha value is -0.850. The summed E-state index contributed by atoms with van der Waals surface area (Å²) in [5.74, 6) is 0.867. The third-order valence-electron chi connectivity index (χ3n) is 2.09. The van der Waals surface area contributed by atoms with Crippen LogP contribution >= 0.6 is 15.9 Å². The highest BCUT2D eigenvalue weighted by atomic mass is 79.9. The molecule has 5 nitrogen and oxygen atoms in total. The van der Waals surface area contributed by atoms with E-state index in [1.54, 1.807) is 7.11 Å². The van der Waals surface area contributed by atoms with Crippen LogP contribution < -0.4 is 10.6 Å². The van der Waals surface area contributed by atoms with Crippen molar-refractivity contribution in [2.45, 2.75) is 13.0 Å². The van der Waals surface area contributed by atoms with Crippen molar-refractivity contribution < 1.29 is 13.9 Å². The summed E-state index contributed by atoms with van der Waals surface area (Å²) < 4.78 is 10.9. The lowest BCUT2D eigenvalue weighted by Gasteiger charge is -2.05. The Bertz CT molecular complexity index is 341. The molecule has 0 radical (unpaired) electrons. The maximum absolute atomic E-state index is 11.3. The standard InChI is InChI=1S/C11H17BrN2O3/c1-16-7-6-14-11(15)4-5-13-8-9-2-3-10(12)17-9/h2-3,13H,4-8H2,1H3,(H,14,15). The lowest BCUT2D eigenvalue weighted by molar-refractivity contribution is -0.121. The Morgan fingerprint density at radius 3 is 2.94 bits per heavy atom.